The van der Waals surface area contributed by atoms with Crippen LogP contribution in [0.1, 0.15) is 29.2 Å². The highest BCUT2D eigenvalue weighted by atomic mass is 16.3. The van der Waals surface area contributed by atoms with E-state index in [9.17, 15) is 4.79 Å². The van der Waals surface area contributed by atoms with E-state index in [1.54, 1.807) is 16.7 Å². The Morgan fingerprint density at radius 2 is 2.27 bits per heavy atom. The van der Waals surface area contributed by atoms with E-state index in [0.29, 0.717) is 23.5 Å². The molecule has 2 N–H and O–H groups in total. The van der Waals surface area contributed by atoms with Crippen molar-refractivity contribution >= 4 is 22.9 Å². The second-order valence-electron chi connectivity index (χ2n) is 7.44. The predicted molar refractivity (Wildman–Crippen MR) is 119 cm³/mol. The molecule has 0 bridgehead atoms. The average molecular weight is 403 g/mol. The first kappa shape index (κ1) is 20.0. The molecule has 0 amide bonds. The minimum absolute atomic E-state index is 0.140. The third kappa shape index (κ3) is 4.32. The molecule has 3 aromatic heterocycles. The molecule has 0 aromatic carbocycles. The summed E-state index contributed by atoms with van der Waals surface area (Å²) in [6.07, 6.45) is 10.3. The van der Waals surface area contributed by atoms with E-state index < -0.39 is 0 Å². The van der Waals surface area contributed by atoms with Crippen LogP contribution in [0, 0.1) is 6.92 Å². The number of aliphatic hydroxyl groups excluding tert-OH is 1. The molecule has 0 spiro atoms. The summed E-state index contributed by atoms with van der Waals surface area (Å²) >= 11 is 0. The number of hydrogen-bond donors (Lipinski definition) is 2. The van der Waals surface area contributed by atoms with Crippen LogP contribution in [0.3, 0.4) is 0 Å². The summed E-state index contributed by atoms with van der Waals surface area (Å²) in [6.45, 7) is 8.54. The number of H-pyrrole nitrogens is 1. The van der Waals surface area contributed by atoms with Gasteiger partial charge in [0, 0.05) is 43.8 Å². The fourth-order valence-corrected chi connectivity index (χ4v) is 3.56. The summed E-state index contributed by atoms with van der Waals surface area (Å²) in [4.78, 5) is 26.9. The molecule has 0 saturated carbocycles. The zero-order chi connectivity index (χ0) is 21.1. The standard InChI is InChI=1S/C23H25N5O2/c1-16(3-5-21-24-14-17(2)25-21)20-13-23(30)28-15-19(4-6-22(28)26-20)18-7-9-27(10-8-18)11-12-29/h3-7,13-15,29H,1,8-12H2,2H3,(H,24,25)/b5-3-. The number of nitrogens with one attached hydrogen (secondary N) is 1. The number of aromatic amines is 1. The van der Waals surface area contributed by atoms with E-state index in [1.165, 1.54) is 11.6 Å². The van der Waals surface area contributed by atoms with Crippen molar-refractivity contribution in [2.24, 2.45) is 0 Å². The van der Waals surface area contributed by atoms with Gasteiger partial charge in [-0.15, -0.1) is 0 Å². The third-order valence-electron chi connectivity index (χ3n) is 5.23. The van der Waals surface area contributed by atoms with Crippen molar-refractivity contribution in [3.63, 3.8) is 0 Å². The molecular formula is C23H25N5O2. The molecule has 0 aliphatic carbocycles. The van der Waals surface area contributed by atoms with Crippen molar-refractivity contribution < 1.29 is 5.11 Å². The van der Waals surface area contributed by atoms with Crippen LogP contribution in [-0.2, 0) is 0 Å². The molecule has 4 rings (SSSR count). The molecule has 0 fully saturated rings. The van der Waals surface area contributed by atoms with Gasteiger partial charge in [0.05, 0.1) is 12.3 Å². The average Bonchev–Trinajstić information content (AvgIpc) is 3.17. The van der Waals surface area contributed by atoms with Crippen LogP contribution in [0.25, 0.3) is 22.9 Å². The van der Waals surface area contributed by atoms with Crippen molar-refractivity contribution in [2.45, 2.75) is 13.3 Å². The lowest BCUT2D eigenvalue weighted by atomic mass is 10.0. The number of aryl methyl sites for hydroxylation is 1. The molecular weight excluding hydrogens is 378 g/mol. The molecule has 3 aromatic rings. The third-order valence-corrected chi connectivity index (χ3v) is 5.23. The summed E-state index contributed by atoms with van der Waals surface area (Å²) in [7, 11) is 0. The maximum Gasteiger partial charge on any atom is 0.258 e. The van der Waals surface area contributed by atoms with Gasteiger partial charge in [0.1, 0.15) is 11.5 Å². The molecule has 1 aliphatic heterocycles. The number of β-amino-alcohol motifs (C(OH)–C–C–N with tert-alkyl or cyclic N) is 1. The number of pyridine rings is 1. The number of aliphatic hydroxyl groups is 1. The summed E-state index contributed by atoms with van der Waals surface area (Å²) in [6, 6.07) is 5.38. The van der Waals surface area contributed by atoms with E-state index in [1.807, 2.05) is 31.3 Å². The van der Waals surface area contributed by atoms with Gasteiger partial charge >= 0.3 is 0 Å². The van der Waals surface area contributed by atoms with Crippen molar-refractivity contribution in [2.75, 3.05) is 26.2 Å². The van der Waals surface area contributed by atoms with Gasteiger partial charge in [0.15, 0.2) is 0 Å². The molecule has 30 heavy (non-hydrogen) atoms. The number of rotatable bonds is 6. The smallest absolute Gasteiger partial charge is 0.258 e. The van der Waals surface area contributed by atoms with Gasteiger partial charge in [0.25, 0.3) is 5.56 Å². The van der Waals surface area contributed by atoms with Gasteiger partial charge in [-0.05, 0) is 54.3 Å². The lowest BCUT2D eigenvalue weighted by molar-refractivity contribution is 0.208. The van der Waals surface area contributed by atoms with E-state index in [2.05, 4.69) is 32.5 Å². The van der Waals surface area contributed by atoms with Crippen LogP contribution in [0.2, 0.25) is 0 Å². The second-order valence-corrected chi connectivity index (χ2v) is 7.44. The van der Waals surface area contributed by atoms with Gasteiger partial charge in [-0.2, -0.15) is 0 Å². The lowest BCUT2D eigenvalue weighted by Crippen LogP contribution is -2.31. The molecule has 154 valence electrons. The van der Waals surface area contributed by atoms with Crippen LogP contribution in [0.5, 0.6) is 0 Å². The first-order chi connectivity index (χ1) is 14.5. The molecule has 0 atom stereocenters. The van der Waals surface area contributed by atoms with Crippen LogP contribution < -0.4 is 5.56 Å². The molecule has 0 saturated heterocycles. The Balaban J connectivity index is 1.58. The van der Waals surface area contributed by atoms with Gasteiger partial charge in [-0.1, -0.05) is 12.7 Å². The monoisotopic (exact) mass is 403 g/mol. The SMILES string of the molecule is C=C(/C=C\c1ncc(C)[nH]1)c1cc(=O)n2cc(C3=CCN(CCO)CC3)ccc2n1. The number of nitrogens with zero attached hydrogens (tertiary/aromatic N) is 4. The van der Waals surface area contributed by atoms with Crippen LogP contribution in [0.15, 0.2) is 54.1 Å². The number of imidazole rings is 1. The quantitative estimate of drug-likeness (QED) is 0.618. The van der Waals surface area contributed by atoms with Crippen LogP contribution in [0.4, 0.5) is 0 Å². The van der Waals surface area contributed by atoms with E-state index in [4.69, 9.17) is 5.11 Å². The van der Waals surface area contributed by atoms with Gasteiger partial charge in [-0.25, -0.2) is 9.97 Å². The number of hydrogen-bond acceptors (Lipinski definition) is 5. The van der Waals surface area contributed by atoms with E-state index in [0.717, 1.165) is 36.6 Å². The van der Waals surface area contributed by atoms with Gasteiger partial charge < -0.3 is 10.1 Å². The minimum Gasteiger partial charge on any atom is -0.395 e. The zero-order valence-corrected chi connectivity index (χ0v) is 17.0. The van der Waals surface area contributed by atoms with Crippen molar-refractivity contribution in [1.82, 2.24) is 24.3 Å². The maximum absolute atomic E-state index is 12.7. The summed E-state index contributed by atoms with van der Waals surface area (Å²) in [5.74, 6) is 0.731. The van der Waals surface area contributed by atoms with E-state index >= 15 is 0 Å². The fourth-order valence-electron chi connectivity index (χ4n) is 3.56. The highest BCUT2D eigenvalue weighted by molar-refractivity contribution is 5.75. The Morgan fingerprint density at radius 1 is 1.40 bits per heavy atom. The van der Waals surface area contributed by atoms with Crippen molar-refractivity contribution in [3.8, 4) is 0 Å². The lowest BCUT2D eigenvalue weighted by Gasteiger charge is -2.25. The highest BCUT2D eigenvalue weighted by Crippen LogP contribution is 2.22. The molecule has 0 unspecified atom stereocenters. The van der Waals surface area contributed by atoms with Crippen LogP contribution in [-0.4, -0.2) is 55.6 Å². The molecule has 7 heteroatoms. The summed E-state index contributed by atoms with van der Waals surface area (Å²) < 4.78 is 1.58. The summed E-state index contributed by atoms with van der Waals surface area (Å²) in [5, 5.41) is 9.08. The Hall–Kier alpha value is -3.29. The Bertz CT molecular complexity index is 1200. The number of aromatic nitrogens is 4. The van der Waals surface area contributed by atoms with Gasteiger partial charge in [0.2, 0.25) is 0 Å². The van der Waals surface area contributed by atoms with Crippen LogP contribution >= 0.6 is 0 Å². The van der Waals surface area contributed by atoms with Crippen molar-refractivity contribution in [1.29, 1.82) is 0 Å². The van der Waals surface area contributed by atoms with Gasteiger partial charge in [-0.3, -0.25) is 14.1 Å². The Labute approximate surface area is 174 Å². The minimum atomic E-state index is -0.140. The topological polar surface area (TPSA) is 86.5 Å². The first-order valence-electron chi connectivity index (χ1n) is 9.98. The number of fused-ring (bicyclic) bond motifs is 1. The summed E-state index contributed by atoms with van der Waals surface area (Å²) in [5.41, 5.74) is 4.85. The normalized spacial score (nSPS) is 15.1. The molecule has 4 heterocycles. The Kier molecular flexibility index (Phi) is 5.74. The largest absolute Gasteiger partial charge is 0.395 e. The Morgan fingerprint density at radius 3 is 2.97 bits per heavy atom. The molecule has 7 nitrogen and oxygen atoms in total. The predicted octanol–water partition coefficient (Wildman–Crippen LogP) is 2.53. The highest BCUT2D eigenvalue weighted by Gasteiger charge is 2.13. The first-order valence-corrected chi connectivity index (χ1v) is 9.98. The second kappa shape index (κ2) is 8.61. The maximum atomic E-state index is 12.7. The fraction of sp³-hybridized carbons (Fsp3) is 0.261. The molecule has 1 aliphatic rings. The van der Waals surface area contributed by atoms with E-state index in [-0.39, 0.29) is 12.2 Å². The zero-order valence-electron chi connectivity index (χ0n) is 17.0. The molecule has 0 radical (unpaired) electrons. The number of allylic oxidation sites excluding steroid dienone is 2. The van der Waals surface area contributed by atoms with Crippen molar-refractivity contribution in [3.05, 3.63) is 82.5 Å².